The number of hydrogen-bond donors (Lipinski definition) is 0. The number of ether oxygens (including phenoxy) is 2. The topological polar surface area (TPSA) is 117 Å². The maximum atomic E-state index is 13.9. The van der Waals surface area contributed by atoms with Crippen LogP contribution in [0.5, 0.6) is 11.5 Å². The Balaban J connectivity index is 1.56. The number of sulfonamides is 1. The SMILES string of the molecule is N#Cc1ccc(N2C(=O)CC(N(Cc3ccc4c(c3)OCO4)S(=O)(=O)c3cc(Cl)ccc3Cl)C2=O)cc1. The predicted octanol–water partition coefficient (Wildman–Crippen LogP) is 4.12. The van der Waals surface area contributed by atoms with Crippen molar-refractivity contribution < 1.29 is 27.5 Å². The van der Waals surface area contributed by atoms with E-state index in [2.05, 4.69) is 0 Å². The summed E-state index contributed by atoms with van der Waals surface area (Å²) in [5, 5.41) is 9.10. The van der Waals surface area contributed by atoms with Crippen molar-refractivity contribution in [1.29, 1.82) is 5.26 Å². The van der Waals surface area contributed by atoms with Gasteiger partial charge in [0.2, 0.25) is 22.7 Å². The predicted molar refractivity (Wildman–Crippen MR) is 134 cm³/mol. The monoisotopic (exact) mass is 557 g/mol. The van der Waals surface area contributed by atoms with Gasteiger partial charge in [-0.15, -0.1) is 0 Å². The fourth-order valence-electron chi connectivity index (χ4n) is 4.18. The van der Waals surface area contributed by atoms with E-state index in [1.165, 1.54) is 42.5 Å². The van der Waals surface area contributed by atoms with Crippen LogP contribution in [0.25, 0.3) is 0 Å². The van der Waals surface area contributed by atoms with Gasteiger partial charge in [0.25, 0.3) is 5.91 Å². The molecule has 5 rings (SSSR count). The summed E-state index contributed by atoms with van der Waals surface area (Å²) in [7, 11) is -4.42. The second-order valence-electron chi connectivity index (χ2n) is 8.26. The lowest BCUT2D eigenvalue weighted by Crippen LogP contribution is -2.45. The minimum absolute atomic E-state index is 0.0358. The zero-order chi connectivity index (χ0) is 26.3. The number of hydrogen-bond acceptors (Lipinski definition) is 7. The first-order valence-corrected chi connectivity index (χ1v) is 13.1. The number of nitrogens with zero attached hydrogens (tertiary/aromatic N) is 3. The van der Waals surface area contributed by atoms with Crippen LogP contribution >= 0.6 is 23.2 Å². The number of carbonyl (C=O) groups is 2. The number of nitriles is 1. The molecule has 3 aromatic rings. The third kappa shape index (κ3) is 4.63. The standard InChI is InChI=1S/C25H17Cl2N3O6S/c26-17-4-7-19(27)23(10-17)37(33,34)29(13-16-3-8-21-22(9-16)36-14-35-21)20-11-24(31)30(25(20)32)18-5-1-15(12-28)2-6-18/h1-10,20H,11,13-14H2. The lowest BCUT2D eigenvalue weighted by molar-refractivity contribution is -0.122. The largest absolute Gasteiger partial charge is 0.454 e. The molecule has 0 N–H and O–H groups in total. The summed E-state index contributed by atoms with van der Waals surface area (Å²) in [6, 6.07) is 15.4. The summed E-state index contributed by atoms with van der Waals surface area (Å²) >= 11 is 12.3. The van der Waals surface area contributed by atoms with Crippen LogP contribution in [0.1, 0.15) is 17.5 Å². The van der Waals surface area contributed by atoms with Gasteiger partial charge in [0.05, 0.1) is 28.8 Å². The van der Waals surface area contributed by atoms with Crippen molar-refractivity contribution in [1.82, 2.24) is 4.31 Å². The van der Waals surface area contributed by atoms with Crippen LogP contribution in [0.2, 0.25) is 10.0 Å². The van der Waals surface area contributed by atoms with Crippen molar-refractivity contribution in [3.05, 3.63) is 81.8 Å². The number of halogens is 2. The molecule has 1 saturated heterocycles. The Morgan fingerprint density at radius 2 is 1.73 bits per heavy atom. The van der Waals surface area contributed by atoms with Crippen LogP contribution in [0.3, 0.4) is 0 Å². The van der Waals surface area contributed by atoms with Gasteiger partial charge in [-0.3, -0.25) is 9.59 Å². The molecule has 188 valence electrons. The lowest BCUT2D eigenvalue weighted by Gasteiger charge is -2.27. The second-order valence-corrected chi connectivity index (χ2v) is 11.0. The third-order valence-electron chi connectivity index (χ3n) is 5.98. The molecule has 2 amide bonds. The van der Waals surface area contributed by atoms with Crippen molar-refractivity contribution >= 4 is 50.7 Å². The highest BCUT2D eigenvalue weighted by atomic mass is 35.5. The number of rotatable bonds is 6. The second kappa shape index (κ2) is 9.68. The molecule has 0 spiro atoms. The first-order valence-electron chi connectivity index (χ1n) is 10.9. The molecule has 1 fully saturated rings. The highest BCUT2D eigenvalue weighted by Crippen LogP contribution is 2.36. The Kier molecular flexibility index (Phi) is 6.56. The highest BCUT2D eigenvalue weighted by molar-refractivity contribution is 7.89. The van der Waals surface area contributed by atoms with Crippen LogP contribution in [-0.2, 0) is 26.2 Å². The van der Waals surface area contributed by atoms with Crippen LogP contribution in [0, 0.1) is 11.3 Å². The molecule has 0 aromatic heterocycles. The van der Waals surface area contributed by atoms with E-state index in [4.69, 9.17) is 37.9 Å². The molecule has 0 aliphatic carbocycles. The Morgan fingerprint density at radius 1 is 1.00 bits per heavy atom. The van der Waals surface area contributed by atoms with Crippen molar-refractivity contribution in [3.63, 3.8) is 0 Å². The van der Waals surface area contributed by atoms with Crippen molar-refractivity contribution in [2.75, 3.05) is 11.7 Å². The molecule has 0 bridgehead atoms. The van der Waals surface area contributed by atoms with Crippen molar-refractivity contribution in [2.24, 2.45) is 0 Å². The van der Waals surface area contributed by atoms with E-state index in [1.807, 2.05) is 6.07 Å². The normalized spacial score (nSPS) is 16.9. The third-order valence-corrected chi connectivity index (χ3v) is 8.55. The smallest absolute Gasteiger partial charge is 0.252 e. The Labute approximate surface area is 222 Å². The van der Waals surface area contributed by atoms with Crippen molar-refractivity contribution in [3.8, 4) is 17.6 Å². The van der Waals surface area contributed by atoms with Gasteiger partial charge in [0, 0.05) is 11.6 Å². The summed E-state index contributed by atoms with van der Waals surface area (Å²) in [5.74, 6) is -0.362. The number of anilines is 1. The molecule has 2 aliphatic rings. The van der Waals surface area contributed by atoms with Gasteiger partial charge in [-0.05, 0) is 60.2 Å². The van der Waals surface area contributed by atoms with Gasteiger partial charge in [-0.1, -0.05) is 29.3 Å². The molecule has 0 saturated carbocycles. The molecule has 2 aliphatic heterocycles. The number of benzene rings is 3. The van der Waals surface area contributed by atoms with E-state index in [0.29, 0.717) is 22.6 Å². The fourth-order valence-corrected chi connectivity index (χ4v) is 6.49. The van der Waals surface area contributed by atoms with Gasteiger partial charge in [-0.25, -0.2) is 13.3 Å². The molecule has 2 heterocycles. The first-order chi connectivity index (χ1) is 17.7. The van der Waals surface area contributed by atoms with E-state index in [-0.39, 0.29) is 40.4 Å². The molecular formula is C25H17Cl2N3O6S. The number of amides is 2. The van der Waals surface area contributed by atoms with E-state index in [0.717, 1.165) is 9.21 Å². The van der Waals surface area contributed by atoms with E-state index >= 15 is 0 Å². The van der Waals surface area contributed by atoms with Crippen LogP contribution in [0.4, 0.5) is 5.69 Å². The van der Waals surface area contributed by atoms with E-state index in [9.17, 15) is 18.0 Å². The zero-order valence-electron chi connectivity index (χ0n) is 18.9. The molecular weight excluding hydrogens is 541 g/mol. The first kappa shape index (κ1) is 25.0. The summed E-state index contributed by atoms with van der Waals surface area (Å²) in [6.45, 7) is -0.221. The van der Waals surface area contributed by atoms with E-state index < -0.39 is 27.9 Å². The van der Waals surface area contributed by atoms with Gasteiger partial charge in [0.1, 0.15) is 10.9 Å². The summed E-state index contributed by atoms with van der Waals surface area (Å²) in [6.07, 6.45) is -0.388. The van der Waals surface area contributed by atoms with Crippen molar-refractivity contribution in [2.45, 2.75) is 23.9 Å². The minimum atomic E-state index is -4.42. The molecule has 3 aromatic carbocycles. The molecule has 37 heavy (non-hydrogen) atoms. The van der Waals surface area contributed by atoms with Gasteiger partial charge >= 0.3 is 0 Å². The minimum Gasteiger partial charge on any atom is -0.454 e. The molecule has 0 radical (unpaired) electrons. The molecule has 1 unspecified atom stereocenters. The Morgan fingerprint density at radius 3 is 2.46 bits per heavy atom. The van der Waals surface area contributed by atoms with Crippen LogP contribution in [0.15, 0.2) is 65.6 Å². The average Bonchev–Trinajstić information content (AvgIpc) is 3.47. The highest BCUT2D eigenvalue weighted by Gasteiger charge is 2.47. The van der Waals surface area contributed by atoms with Gasteiger partial charge in [0.15, 0.2) is 11.5 Å². The molecule has 1 atom stereocenters. The van der Waals surface area contributed by atoms with Crippen LogP contribution in [-0.4, -0.2) is 37.4 Å². The maximum absolute atomic E-state index is 13.9. The average molecular weight is 558 g/mol. The Hall–Kier alpha value is -3.62. The number of imide groups is 1. The fraction of sp³-hybridized carbons (Fsp3) is 0.160. The zero-order valence-corrected chi connectivity index (χ0v) is 21.3. The quantitative estimate of drug-likeness (QED) is 0.418. The Bertz CT molecular complexity index is 1570. The number of fused-ring (bicyclic) bond motifs is 1. The lowest BCUT2D eigenvalue weighted by atomic mass is 10.1. The van der Waals surface area contributed by atoms with Crippen LogP contribution < -0.4 is 14.4 Å². The summed E-state index contributed by atoms with van der Waals surface area (Å²) < 4.78 is 39.5. The van der Waals surface area contributed by atoms with Gasteiger partial charge < -0.3 is 9.47 Å². The summed E-state index contributed by atoms with van der Waals surface area (Å²) in [5.41, 5.74) is 1.09. The number of carbonyl (C=O) groups excluding carboxylic acids is 2. The van der Waals surface area contributed by atoms with Gasteiger partial charge in [-0.2, -0.15) is 9.57 Å². The molecule has 12 heteroatoms. The summed E-state index contributed by atoms with van der Waals surface area (Å²) in [4.78, 5) is 27.2. The molecule has 9 nitrogen and oxygen atoms in total. The maximum Gasteiger partial charge on any atom is 0.252 e. The van der Waals surface area contributed by atoms with E-state index in [1.54, 1.807) is 18.2 Å².